The van der Waals surface area contributed by atoms with Crippen molar-refractivity contribution in [1.29, 1.82) is 0 Å². The maximum Gasteiger partial charge on any atom is 0.259 e. The van der Waals surface area contributed by atoms with Gasteiger partial charge in [-0.3, -0.25) is 15.1 Å². The summed E-state index contributed by atoms with van der Waals surface area (Å²) in [4.78, 5) is 16.5. The third-order valence-corrected chi connectivity index (χ3v) is 4.16. The van der Waals surface area contributed by atoms with E-state index in [0.717, 1.165) is 42.4 Å². The average molecular weight is 366 g/mol. The van der Waals surface area contributed by atoms with Crippen LogP contribution in [-0.2, 0) is 12.2 Å². The molecule has 0 spiro atoms. The van der Waals surface area contributed by atoms with Crippen LogP contribution in [0.3, 0.4) is 0 Å². The lowest BCUT2D eigenvalue weighted by atomic mass is 10.2. The number of hydrogen-bond acceptors (Lipinski definition) is 6. The topological polar surface area (TPSA) is 83.9 Å². The summed E-state index contributed by atoms with van der Waals surface area (Å²) < 4.78 is 5.80. The van der Waals surface area contributed by atoms with Crippen molar-refractivity contribution in [1.82, 2.24) is 10.2 Å². The zero-order valence-corrected chi connectivity index (χ0v) is 15.7. The summed E-state index contributed by atoms with van der Waals surface area (Å²) in [6.07, 6.45) is 7.16. The summed E-state index contributed by atoms with van der Waals surface area (Å²) in [5.41, 5.74) is 0. The molecule has 1 aromatic rings. The molecule has 0 unspecified atom stereocenters. The number of aryl methyl sites for hydroxylation is 1. The largest absolute Gasteiger partial charge is 0.465 e. The summed E-state index contributed by atoms with van der Waals surface area (Å²) in [5, 5.41) is 13.4. The molecule has 0 atom stereocenters. The fourth-order valence-corrected chi connectivity index (χ4v) is 2.78. The highest BCUT2D eigenvalue weighted by Gasteiger charge is 2.06. The monoisotopic (exact) mass is 366 g/mol. The summed E-state index contributed by atoms with van der Waals surface area (Å²) >= 11 is 1.69. The number of aliphatic imine (C=N–C) groups is 1. The van der Waals surface area contributed by atoms with Gasteiger partial charge in [-0.05, 0) is 39.2 Å². The number of hydrogen-bond donors (Lipinski definition) is 1. The molecule has 0 saturated carbocycles. The third-order valence-electron chi connectivity index (χ3n) is 3.20. The zero-order chi connectivity index (χ0) is 18.5. The molecule has 0 bridgehead atoms. The second kappa shape index (κ2) is 12.4. The van der Waals surface area contributed by atoms with Crippen molar-refractivity contribution in [3.63, 3.8) is 0 Å². The number of terminal acetylenes is 1. The Morgan fingerprint density at radius 2 is 2.24 bits per heavy atom. The molecule has 138 valence electrons. The normalized spacial score (nSPS) is 11.5. The summed E-state index contributed by atoms with van der Waals surface area (Å²) in [5.74, 6) is 6.20. The molecule has 8 heteroatoms. The van der Waals surface area contributed by atoms with E-state index in [1.54, 1.807) is 11.8 Å². The molecule has 1 heterocycles. The molecular weight excluding hydrogens is 340 g/mol. The van der Waals surface area contributed by atoms with E-state index < -0.39 is 4.92 Å². The smallest absolute Gasteiger partial charge is 0.259 e. The molecule has 0 saturated heterocycles. The third kappa shape index (κ3) is 10.5. The van der Waals surface area contributed by atoms with Crippen molar-refractivity contribution in [2.24, 2.45) is 4.99 Å². The van der Waals surface area contributed by atoms with Crippen LogP contribution in [0.1, 0.15) is 17.9 Å². The predicted molar refractivity (Wildman–Crippen MR) is 103 cm³/mol. The predicted octanol–water partition coefficient (Wildman–Crippen LogP) is 1.90. The van der Waals surface area contributed by atoms with Crippen LogP contribution in [0, 0.1) is 22.5 Å². The van der Waals surface area contributed by atoms with Crippen molar-refractivity contribution >= 4 is 17.6 Å². The van der Waals surface area contributed by atoms with Gasteiger partial charge in [0.05, 0.1) is 18.8 Å². The number of nitro groups is 1. The van der Waals surface area contributed by atoms with Gasteiger partial charge in [-0.1, -0.05) is 5.92 Å². The molecule has 0 aliphatic heterocycles. The number of thioether (sulfide) groups is 1. The lowest BCUT2D eigenvalue weighted by Gasteiger charge is -2.07. The van der Waals surface area contributed by atoms with Crippen LogP contribution >= 0.6 is 11.8 Å². The van der Waals surface area contributed by atoms with Crippen LogP contribution in [-0.4, -0.2) is 61.7 Å². The van der Waals surface area contributed by atoms with Gasteiger partial charge in [-0.2, -0.15) is 11.8 Å². The fourth-order valence-electron chi connectivity index (χ4n) is 2.06. The van der Waals surface area contributed by atoms with Crippen molar-refractivity contribution in [3.8, 4) is 12.3 Å². The minimum absolute atomic E-state index is 0.239. The van der Waals surface area contributed by atoms with Crippen molar-refractivity contribution in [3.05, 3.63) is 33.8 Å². The Morgan fingerprint density at radius 1 is 1.48 bits per heavy atom. The number of nitrogens with zero attached hydrogens (tertiary/aromatic N) is 3. The molecule has 0 amide bonds. The first-order valence-electron chi connectivity index (χ1n) is 8.13. The highest BCUT2D eigenvalue weighted by molar-refractivity contribution is 7.98. The van der Waals surface area contributed by atoms with Gasteiger partial charge < -0.3 is 14.6 Å². The molecule has 7 nitrogen and oxygen atoms in total. The second-order valence-electron chi connectivity index (χ2n) is 5.70. The van der Waals surface area contributed by atoms with E-state index in [-0.39, 0.29) is 13.1 Å². The SMILES string of the molecule is C#CCNC(C[N+](=O)[O-])=NCCSCc1ccc(CCCN(C)C)o1. The van der Waals surface area contributed by atoms with E-state index in [0.29, 0.717) is 12.4 Å². The highest BCUT2D eigenvalue weighted by atomic mass is 32.2. The lowest BCUT2D eigenvalue weighted by molar-refractivity contribution is -0.463. The van der Waals surface area contributed by atoms with Gasteiger partial charge in [-0.15, -0.1) is 6.42 Å². The van der Waals surface area contributed by atoms with Gasteiger partial charge in [0.25, 0.3) is 6.54 Å². The molecule has 25 heavy (non-hydrogen) atoms. The standard InChI is InChI=1S/C17H26N4O3S/c1-4-9-18-17(13-21(22)23)19-10-12-25-14-16-8-7-15(24-16)6-5-11-20(2)3/h1,7-8H,5-6,9-14H2,2-3H3,(H,18,19). The first-order chi connectivity index (χ1) is 12.0. The van der Waals surface area contributed by atoms with E-state index in [1.165, 1.54) is 0 Å². The lowest BCUT2D eigenvalue weighted by Crippen LogP contribution is -2.31. The van der Waals surface area contributed by atoms with Gasteiger partial charge >= 0.3 is 0 Å². The van der Waals surface area contributed by atoms with Crippen LogP contribution in [0.4, 0.5) is 0 Å². The Morgan fingerprint density at radius 3 is 2.92 bits per heavy atom. The van der Waals surface area contributed by atoms with Crippen LogP contribution in [0.2, 0.25) is 0 Å². The van der Waals surface area contributed by atoms with E-state index in [1.807, 2.05) is 12.1 Å². The quantitative estimate of drug-likeness (QED) is 0.152. The summed E-state index contributed by atoms with van der Waals surface area (Å²) in [7, 11) is 4.12. The van der Waals surface area contributed by atoms with Crippen LogP contribution in [0.15, 0.2) is 21.5 Å². The number of nitrogens with one attached hydrogen (secondary N) is 1. The van der Waals surface area contributed by atoms with E-state index in [9.17, 15) is 10.1 Å². The molecule has 0 aliphatic rings. The molecule has 0 aromatic carbocycles. The van der Waals surface area contributed by atoms with Crippen LogP contribution < -0.4 is 5.32 Å². The molecule has 1 rings (SSSR count). The van der Waals surface area contributed by atoms with Crippen molar-refractivity contribution in [2.75, 3.05) is 46.0 Å². The maximum absolute atomic E-state index is 10.6. The Labute approximate surface area is 153 Å². The molecule has 1 N–H and O–H groups in total. The van der Waals surface area contributed by atoms with Gasteiger partial charge in [0.15, 0.2) is 5.84 Å². The zero-order valence-electron chi connectivity index (χ0n) is 14.9. The van der Waals surface area contributed by atoms with Crippen LogP contribution in [0.5, 0.6) is 0 Å². The Hall–Kier alpha value is -1.98. The highest BCUT2D eigenvalue weighted by Crippen LogP contribution is 2.16. The second-order valence-corrected chi connectivity index (χ2v) is 6.81. The Balaban J connectivity index is 2.27. The molecule has 1 aromatic heterocycles. The van der Waals surface area contributed by atoms with E-state index >= 15 is 0 Å². The van der Waals surface area contributed by atoms with E-state index in [4.69, 9.17) is 10.8 Å². The minimum atomic E-state index is -0.420. The van der Waals surface area contributed by atoms with Crippen molar-refractivity contribution < 1.29 is 9.34 Å². The number of rotatable bonds is 12. The summed E-state index contributed by atoms with van der Waals surface area (Å²) in [6, 6.07) is 4.04. The van der Waals surface area contributed by atoms with Gasteiger partial charge in [0, 0.05) is 17.1 Å². The van der Waals surface area contributed by atoms with Gasteiger partial charge in [0.2, 0.25) is 0 Å². The molecule has 0 fully saturated rings. The Bertz CT molecular complexity index is 593. The van der Waals surface area contributed by atoms with E-state index in [2.05, 4.69) is 35.2 Å². The first-order valence-corrected chi connectivity index (χ1v) is 9.29. The van der Waals surface area contributed by atoms with Gasteiger partial charge in [-0.25, -0.2) is 0 Å². The summed E-state index contributed by atoms with van der Waals surface area (Å²) in [6.45, 7) is 1.45. The first kappa shape index (κ1) is 21.1. The Kier molecular flexibility index (Phi) is 10.4. The number of amidine groups is 1. The molecule has 0 radical (unpaired) electrons. The number of furan rings is 1. The molecule has 0 aliphatic carbocycles. The minimum Gasteiger partial charge on any atom is -0.465 e. The fraction of sp³-hybridized carbons (Fsp3) is 0.588. The maximum atomic E-state index is 10.6. The van der Waals surface area contributed by atoms with Crippen LogP contribution in [0.25, 0.3) is 0 Å². The van der Waals surface area contributed by atoms with Gasteiger partial charge in [0.1, 0.15) is 11.5 Å². The molecular formula is C17H26N4O3S. The van der Waals surface area contributed by atoms with Crippen molar-refractivity contribution in [2.45, 2.75) is 18.6 Å². The average Bonchev–Trinajstić information content (AvgIpc) is 2.99.